The van der Waals surface area contributed by atoms with Gasteiger partial charge in [0.1, 0.15) is 5.75 Å². The van der Waals surface area contributed by atoms with Crippen LogP contribution in [0, 0.1) is 11.3 Å². The minimum Gasteiger partial charge on any atom is -0.494 e. The average molecular weight is 264 g/mol. The lowest BCUT2D eigenvalue weighted by molar-refractivity contribution is 0.0696. The molecule has 1 atom stereocenters. The normalized spacial score (nSPS) is 13.1. The van der Waals surface area contributed by atoms with Crippen molar-refractivity contribution in [3.8, 4) is 5.75 Å². The monoisotopic (exact) mass is 264 g/mol. The molecule has 1 aromatic rings. The van der Waals surface area contributed by atoms with Crippen LogP contribution in [0.3, 0.4) is 0 Å². The zero-order chi connectivity index (χ0) is 14.5. The van der Waals surface area contributed by atoms with Crippen molar-refractivity contribution in [3.05, 3.63) is 29.8 Å². The molecule has 0 fully saturated rings. The van der Waals surface area contributed by atoms with Crippen LogP contribution in [0.5, 0.6) is 5.75 Å². The van der Waals surface area contributed by atoms with Crippen molar-refractivity contribution in [2.45, 2.75) is 40.5 Å². The molecule has 0 amide bonds. The molecule has 0 heterocycles. The third-order valence-electron chi connectivity index (χ3n) is 2.92. The lowest BCUT2D eigenvalue weighted by Gasteiger charge is -2.23. The molecule has 0 bridgehead atoms. The van der Waals surface area contributed by atoms with Gasteiger partial charge in [-0.05, 0) is 42.4 Å². The van der Waals surface area contributed by atoms with Crippen LogP contribution in [0.4, 0.5) is 0 Å². The molecule has 0 aliphatic carbocycles. The van der Waals surface area contributed by atoms with Crippen LogP contribution in [0.1, 0.15) is 50.9 Å². The summed E-state index contributed by atoms with van der Waals surface area (Å²) in [5.74, 6) is 0.303. The summed E-state index contributed by atoms with van der Waals surface area (Å²) in [7, 11) is 0. The highest BCUT2D eigenvalue weighted by Gasteiger charge is 2.15. The number of ether oxygens (including phenoxy) is 1. The maximum atomic E-state index is 10.8. The van der Waals surface area contributed by atoms with E-state index in [4.69, 9.17) is 9.84 Å². The zero-order valence-electron chi connectivity index (χ0n) is 12.3. The second-order valence-corrected chi connectivity index (χ2v) is 6.34. The molecule has 1 N–H and O–H groups in total. The number of benzene rings is 1. The van der Waals surface area contributed by atoms with Gasteiger partial charge in [-0.2, -0.15) is 0 Å². The highest BCUT2D eigenvalue weighted by Crippen LogP contribution is 2.26. The fourth-order valence-corrected chi connectivity index (χ4v) is 2.24. The maximum Gasteiger partial charge on any atom is 0.335 e. The van der Waals surface area contributed by atoms with Gasteiger partial charge in [0.2, 0.25) is 0 Å². The van der Waals surface area contributed by atoms with Gasteiger partial charge in [-0.3, -0.25) is 0 Å². The number of carboxylic acids is 1. The van der Waals surface area contributed by atoms with Crippen LogP contribution in [-0.2, 0) is 0 Å². The third kappa shape index (κ3) is 6.27. The molecule has 0 aliphatic rings. The largest absolute Gasteiger partial charge is 0.494 e. The summed E-state index contributed by atoms with van der Waals surface area (Å²) in [6.45, 7) is 9.56. The predicted octanol–water partition coefficient (Wildman–Crippen LogP) is 4.23. The maximum absolute atomic E-state index is 10.8. The molecule has 0 saturated carbocycles. The molecule has 0 spiro atoms. The van der Waals surface area contributed by atoms with Crippen LogP contribution in [0.15, 0.2) is 24.3 Å². The lowest BCUT2D eigenvalue weighted by atomic mass is 9.84. The third-order valence-corrected chi connectivity index (χ3v) is 2.92. The Hall–Kier alpha value is -1.51. The molecule has 19 heavy (non-hydrogen) atoms. The standard InChI is InChI=1S/C16H24O3/c1-12(11-16(2,3)4)8-9-19-14-7-5-6-13(10-14)15(17)18/h5-7,10,12H,8-9,11H2,1-4H3,(H,17,18). The number of carbonyl (C=O) groups is 1. The Labute approximate surface area is 115 Å². The summed E-state index contributed by atoms with van der Waals surface area (Å²) >= 11 is 0. The van der Waals surface area contributed by atoms with Gasteiger partial charge >= 0.3 is 5.97 Å². The van der Waals surface area contributed by atoms with Crippen molar-refractivity contribution in [1.29, 1.82) is 0 Å². The van der Waals surface area contributed by atoms with Gasteiger partial charge in [-0.25, -0.2) is 4.79 Å². The Kier molecular flexibility index (Phi) is 5.40. The first-order valence-electron chi connectivity index (χ1n) is 6.74. The number of rotatable bonds is 6. The van der Waals surface area contributed by atoms with Crippen LogP contribution in [0.25, 0.3) is 0 Å². The quantitative estimate of drug-likeness (QED) is 0.836. The van der Waals surface area contributed by atoms with E-state index in [9.17, 15) is 4.79 Å². The topological polar surface area (TPSA) is 46.5 Å². The summed E-state index contributed by atoms with van der Waals surface area (Å²) in [4.78, 5) is 10.8. The van der Waals surface area contributed by atoms with E-state index in [1.54, 1.807) is 24.3 Å². The van der Waals surface area contributed by atoms with Crippen molar-refractivity contribution in [2.75, 3.05) is 6.61 Å². The van der Waals surface area contributed by atoms with Crippen molar-refractivity contribution >= 4 is 5.97 Å². The number of carboxylic acid groups (broad SMARTS) is 1. The number of hydrogen-bond donors (Lipinski definition) is 1. The van der Waals surface area contributed by atoms with Gasteiger partial charge < -0.3 is 9.84 Å². The molecule has 0 aliphatic heterocycles. The molecule has 3 nitrogen and oxygen atoms in total. The minimum absolute atomic E-state index is 0.264. The van der Waals surface area contributed by atoms with Gasteiger partial charge in [0.25, 0.3) is 0 Å². The first-order valence-corrected chi connectivity index (χ1v) is 6.74. The van der Waals surface area contributed by atoms with Gasteiger partial charge in [-0.1, -0.05) is 33.8 Å². The first-order chi connectivity index (χ1) is 8.78. The zero-order valence-corrected chi connectivity index (χ0v) is 12.3. The Morgan fingerprint density at radius 3 is 2.63 bits per heavy atom. The van der Waals surface area contributed by atoms with Crippen molar-refractivity contribution < 1.29 is 14.6 Å². The van der Waals surface area contributed by atoms with E-state index in [2.05, 4.69) is 27.7 Å². The van der Waals surface area contributed by atoms with Crippen LogP contribution >= 0.6 is 0 Å². The predicted molar refractivity (Wildman–Crippen MR) is 76.7 cm³/mol. The first kappa shape index (κ1) is 15.5. The average Bonchev–Trinajstić information content (AvgIpc) is 2.27. The minimum atomic E-state index is -0.924. The van der Waals surface area contributed by atoms with Gasteiger partial charge in [0, 0.05) is 0 Å². The van der Waals surface area contributed by atoms with E-state index in [-0.39, 0.29) is 5.56 Å². The van der Waals surface area contributed by atoms with Crippen LogP contribution < -0.4 is 4.74 Å². The van der Waals surface area contributed by atoms with E-state index >= 15 is 0 Å². The van der Waals surface area contributed by atoms with Crippen molar-refractivity contribution in [1.82, 2.24) is 0 Å². The molecular formula is C16H24O3. The van der Waals surface area contributed by atoms with E-state index in [1.807, 2.05) is 0 Å². The van der Waals surface area contributed by atoms with E-state index in [1.165, 1.54) is 0 Å². The van der Waals surface area contributed by atoms with E-state index in [0.717, 1.165) is 12.8 Å². The lowest BCUT2D eigenvalue weighted by Crippen LogP contribution is -2.13. The SMILES string of the molecule is CC(CCOc1cccc(C(=O)O)c1)CC(C)(C)C. The molecule has 3 heteroatoms. The molecule has 0 saturated heterocycles. The summed E-state index contributed by atoms with van der Waals surface area (Å²) in [5, 5.41) is 8.89. The smallest absolute Gasteiger partial charge is 0.335 e. The molecule has 0 radical (unpaired) electrons. The Morgan fingerprint density at radius 1 is 1.37 bits per heavy atom. The van der Waals surface area contributed by atoms with Crippen molar-refractivity contribution in [3.63, 3.8) is 0 Å². The molecule has 1 rings (SSSR count). The summed E-state index contributed by atoms with van der Waals surface area (Å²) < 4.78 is 5.62. The number of aromatic carboxylic acids is 1. The fraction of sp³-hybridized carbons (Fsp3) is 0.562. The van der Waals surface area contributed by atoms with Crippen LogP contribution in [0.2, 0.25) is 0 Å². The van der Waals surface area contributed by atoms with Gasteiger partial charge in [0.05, 0.1) is 12.2 Å². The Morgan fingerprint density at radius 2 is 2.05 bits per heavy atom. The van der Waals surface area contributed by atoms with E-state index < -0.39 is 5.97 Å². The highest BCUT2D eigenvalue weighted by molar-refractivity contribution is 5.87. The molecule has 106 valence electrons. The summed E-state index contributed by atoms with van der Waals surface area (Å²) in [5.41, 5.74) is 0.600. The second-order valence-electron chi connectivity index (χ2n) is 6.34. The number of hydrogen-bond acceptors (Lipinski definition) is 2. The molecular weight excluding hydrogens is 240 g/mol. The molecule has 1 unspecified atom stereocenters. The highest BCUT2D eigenvalue weighted by atomic mass is 16.5. The van der Waals surface area contributed by atoms with Gasteiger partial charge in [0.15, 0.2) is 0 Å². The Bertz CT molecular complexity index is 418. The second kappa shape index (κ2) is 6.60. The van der Waals surface area contributed by atoms with Crippen molar-refractivity contribution in [2.24, 2.45) is 11.3 Å². The molecule has 1 aromatic carbocycles. The fourth-order valence-electron chi connectivity index (χ4n) is 2.24. The summed E-state index contributed by atoms with van der Waals surface area (Å²) in [6, 6.07) is 6.63. The van der Waals surface area contributed by atoms with E-state index in [0.29, 0.717) is 23.7 Å². The van der Waals surface area contributed by atoms with Crippen LogP contribution in [-0.4, -0.2) is 17.7 Å². The summed E-state index contributed by atoms with van der Waals surface area (Å²) in [6.07, 6.45) is 2.14. The van der Waals surface area contributed by atoms with Gasteiger partial charge in [-0.15, -0.1) is 0 Å². The Balaban J connectivity index is 2.41. The molecule has 0 aromatic heterocycles.